The van der Waals surface area contributed by atoms with Crippen LogP contribution in [0, 0.1) is 17.1 Å². The largest absolute Gasteiger partial charge is 0.490 e. The highest BCUT2D eigenvalue weighted by atomic mass is 35.5. The number of rotatable bonds is 8. The van der Waals surface area contributed by atoms with Crippen molar-refractivity contribution in [1.29, 1.82) is 5.26 Å². The summed E-state index contributed by atoms with van der Waals surface area (Å²) in [6.45, 7) is 2.35. The molecule has 3 aromatic rings. The summed E-state index contributed by atoms with van der Waals surface area (Å²) in [5.74, 6) is -0.162. The van der Waals surface area contributed by atoms with Gasteiger partial charge in [0.15, 0.2) is 11.5 Å². The van der Waals surface area contributed by atoms with Crippen molar-refractivity contribution in [2.45, 2.75) is 13.5 Å². The van der Waals surface area contributed by atoms with E-state index in [1.807, 2.05) is 13.0 Å². The number of carbonyl (C=O) groups excluding carboxylic acids is 1. The van der Waals surface area contributed by atoms with Crippen LogP contribution in [0.2, 0.25) is 5.02 Å². The van der Waals surface area contributed by atoms with E-state index in [-0.39, 0.29) is 17.2 Å². The van der Waals surface area contributed by atoms with Gasteiger partial charge in [-0.1, -0.05) is 29.8 Å². The van der Waals surface area contributed by atoms with E-state index < -0.39 is 11.7 Å². The minimum atomic E-state index is -0.478. The summed E-state index contributed by atoms with van der Waals surface area (Å²) in [6.07, 6.45) is 1.41. The van der Waals surface area contributed by atoms with Crippen LogP contribution in [-0.2, 0) is 6.61 Å². The minimum Gasteiger partial charge on any atom is -0.490 e. The monoisotopic (exact) mass is 451 g/mol. The van der Waals surface area contributed by atoms with Gasteiger partial charge in [-0.15, -0.1) is 0 Å². The van der Waals surface area contributed by atoms with Gasteiger partial charge in [0, 0.05) is 11.1 Å². The van der Waals surface area contributed by atoms with Gasteiger partial charge in [0.25, 0.3) is 5.91 Å². The quantitative estimate of drug-likeness (QED) is 0.382. The molecular formula is C24H19ClFN3O3. The van der Waals surface area contributed by atoms with Gasteiger partial charge in [0.1, 0.15) is 12.4 Å². The first-order chi connectivity index (χ1) is 15.5. The molecule has 0 fully saturated rings. The van der Waals surface area contributed by atoms with E-state index in [1.54, 1.807) is 30.3 Å². The Morgan fingerprint density at radius 2 is 1.94 bits per heavy atom. The standard InChI is InChI=1S/C24H19ClFN3O3/c1-2-31-22-12-16(14-28-29-24(30)17-7-9-20(26)10-8-17)11-21(25)23(22)32-15-19-6-4-3-5-18(19)13-27/h3-12,14H,2,15H2,1H3,(H,29,30)/b28-14-. The molecule has 0 atom stereocenters. The lowest BCUT2D eigenvalue weighted by Crippen LogP contribution is -2.17. The van der Waals surface area contributed by atoms with Crippen molar-refractivity contribution in [1.82, 2.24) is 5.43 Å². The first-order valence-electron chi connectivity index (χ1n) is 9.68. The van der Waals surface area contributed by atoms with Gasteiger partial charge >= 0.3 is 0 Å². The zero-order valence-electron chi connectivity index (χ0n) is 17.1. The number of ether oxygens (including phenoxy) is 2. The summed E-state index contributed by atoms with van der Waals surface area (Å²) in [7, 11) is 0. The number of hydrazone groups is 1. The van der Waals surface area contributed by atoms with E-state index >= 15 is 0 Å². The second-order valence-electron chi connectivity index (χ2n) is 6.53. The van der Waals surface area contributed by atoms with Crippen LogP contribution in [-0.4, -0.2) is 18.7 Å². The molecule has 8 heteroatoms. The Balaban J connectivity index is 1.74. The number of halogens is 2. The number of benzene rings is 3. The van der Waals surface area contributed by atoms with Crippen LogP contribution in [0.25, 0.3) is 0 Å². The fraction of sp³-hybridized carbons (Fsp3) is 0.125. The third-order valence-corrected chi connectivity index (χ3v) is 4.61. The Morgan fingerprint density at radius 3 is 2.66 bits per heavy atom. The van der Waals surface area contributed by atoms with E-state index in [4.69, 9.17) is 21.1 Å². The van der Waals surface area contributed by atoms with Crippen LogP contribution < -0.4 is 14.9 Å². The lowest BCUT2D eigenvalue weighted by atomic mass is 10.1. The molecule has 0 heterocycles. The third kappa shape index (κ3) is 5.84. The molecule has 0 bridgehead atoms. The van der Waals surface area contributed by atoms with E-state index in [0.29, 0.717) is 29.2 Å². The number of nitriles is 1. The number of nitrogens with zero attached hydrogens (tertiary/aromatic N) is 2. The Morgan fingerprint density at radius 1 is 1.19 bits per heavy atom. The van der Waals surface area contributed by atoms with Crippen molar-refractivity contribution in [3.63, 3.8) is 0 Å². The predicted molar refractivity (Wildman–Crippen MR) is 120 cm³/mol. The number of carbonyl (C=O) groups is 1. The Bertz CT molecular complexity index is 1170. The maximum Gasteiger partial charge on any atom is 0.271 e. The van der Waals surface area contributed by atoms with Crippen LogP contribution >= 0.6 is 11.6 Å². The van der Waals surface area contributed by atoms with Crippen LogP contribution in [0.5, 0.6) is 11.5 Å². The second kappa shape index (κ2) is 10.9. The van der Waals surface area contributed by atoms with Gasteiger partial charge in [0.05, 0.1) is 29.5 Å². The van der Waals surface area contributed by atoms with Crippen LogP contribution in [0.1, 0.15) is 34.0 Å². The van der Waals surface area contributed by atoms with E-state index in [1.165, 1.54) is 30.5 Å². The smallest absolute Gasteiger partial charge is 0.271 e. The fourth-order valence-corrected chi connectivity index (χ4v) is 3.08. The highest BCUT2D eigenvalue weighted by molar-refractivity contribution is 6.32. The fourth-order valence-electron chi connectivity index (χ4n) is 2.80. The van der Waals surface area contributed by atoms with Crippen molar-refractivity contribution >= 4 is 23.7 Å². The van der Waals surface area contributed by atoms with Crippen molar-refractivity contribution in [2.75, 3.05) is 6.61 Å². The highest BCUT2D eigenvalue weighted by Gasteiger charge is 2.13. The van der Waals surface area contributed by atoms with E-state index in [2.05, 4.69) is 16.6 Å². The molecule has 0 aliphatic heterocycles. The molecule has 0 aliphatic rings. The van der Waals surface area contributed by atoms with Crippen molar-refractivity contribution in [2.24, 2.45) is 5.10 Å². The van der Waals surface area contributed by atoms with Gasteiger partial charge in [-0.25, -0.2) is 9.82 Å². The summed E-state index contributed by atoms with van der Waals surface area (Å²) in [5.41, 5.74) is 4.46. The molecule has 162 valence electrons. The lowest BCUT2D eigenvalue weighted by molar-refractivity contribution is 0.0955. The molecule has 6 nitrogen and oxygen atoms in total. The van der Waals surface area contributed by atoms with Crippen molar-refractivity contribution in [3.05, 3.63) is 93.8 Å². The Labute approximate surface area is 189 Å². The molecule has 0 saturated heterocycles. The van der Waals surface area contributed by atoms with E-state index in [9.17, 15) is 14.4 Å². The Hall–Kier alpha value is -3.89. The van der Waals surface area contributed by atoms with E-state index in [0.717, 1.165) is 5.56 Å². The maximum absolute atomic E-state index is 13.0. The van der Waals surface area contributed by atoms with Gasteiger partial charge < -0.3 is 9.47 Å². The summed E-state index contributed by atoms with van der Waals surface area (Å²) < 4.78 is 24.5. The molecule has 3 rings (SSSR count). The molecule has 0 aromatic heterocycles. The first-order valence-corrected chi connectivity index (χ1v) is 10.1. The van der Waals surface area contributed by atoms with Gasteiger partial charge in [0.2, 0.25) is 0 Å². The number of amides is 1. The molecule has 0 unspecified atom stereocenters. The third-order valence-electron chi connectivity index (χ3n) is 4.33. The summed E-state index contributed by atoms with van der Waals surface area (Å²) >= 11 is 6.41. The van der Waals surface area contributed by atoms with Crippen molar-refractivity contribution in [3.8, 4) is 17.6 Å². The number of hydrogen-bond donors (Lipinski definition) is 1. The molecule has 0 aliphatic carbocycles. The van der Waals surface area contributed by atoms with Crippen LogP contribution in [0.3, 0.4) is 0 Å². The number of hydrogen-bond acceptors (Lipinski definition) is 5. The van der Waals surface area contributed by atoms with Crippen LogP contribution in [0.4, 0.5) is 4.39 Å². The second-order valence-corrected chi connectivity index (χ2v) is 6.93. The molecule has 32 heavy (non-hydrogen) atoms. The SMILES string of the molecule is CCOc1cc(/C=N\NC(=O)c2ccc(F)cc2)cc(Cl)c1OCc1ccccc1C#N. The maximum atomic E-state index is 13.0. The molecular weight excluding hydrogens is 433 g/mol. The average Bonchev–Trinajstić information content (AvgIpc) is 2.79. The summed E-state index contributed by atoms with van der Waals surface area (Å²) in [4.78, 5) is 12.1. The predicted octanol–water partition coefficient (Wildman–Crippen LogP) is 5.09. The Kier molecular flexibility index (Phi) is 7.79. The highest BCUT2D eigenvalue weighted by Crippen LogP contribution is 2.37. The minimum absolute atomic E-state index is 0.144. The zero-order chi connectivity index (χ0) is 22.9. The van der Waals surface area contributed by atoms with Crippen LogP contribution in [0.15, 0.2) is 65.8 Å². The average molecular weight is 452 g/mol. The number of nitrogens with one attached hydrogen (secondary N) is 1. The molecule has 0 radical (unpaired) electrons. The molecule has 1 amide bonds. The molecule has 0 spiro atoms. The topological polar surface area (TPSA) is 83.7 Å². The molecule has 3 aromatic carbocycles. The lowest BCUT2D eigenvalue weighted by Gasteiger charge is -2.15. The van der Waals surface area contributed by atoms with Gasteiger partial charge in [-0.05, 0) is 55.0 Å². The zero-order valence-corrected chi connectivity index (χ0v) is 17.9. The molecule has 0 saturated carbocycles. The normalized spacial score (nSPS) is 10.6. The molecule has 1 N–H and O–H groups in total. The van der Waals surface area contributed by atoms with Crippen molar-refractivity contribution < 1.29 is 18.7 Å². The van der Waals surface area contributed by atoms with Gasteiger partial charge in [-0.2, -0.15) is 10.4 Å². The first kappa shape index (κ1) is 22.8. The van der Waals surface area contributed by atoms with Gasteiger partial charge in [-0.3, -0.25) is 4.79 Å². The summed E-state index contributed by atoms with van der Waals surface area (Å²) in [6, 6.07) is 17.7. The summed E-state index contributed by atoms with van der Waals surface area (Å²) in [5, 5.41) is 13.4.